The number of rotatable bonds is 3. The van der Waals surface area contributed by atoms with Crippen molar-refractivity contribution in [1.29, 1.82) is 0 Å². The minimum absolute atomic E-state index is 1.16. The molecule has 4 heteroatoms. The Morgan fingerprint density at radius 1 is 1.50 bits per heavy atom. The van der Waals surface area contributed by atoms with E-state index in [-0.39, 0.29) is 0 Å². The lowest BCUT2D eigenvalue weighted by atomic mass is 10.3. The van der Waals surface area contributed by atoms with Gasteiger partial charge >= 0.3 is 0 Å². The molecule has 88 valence electrons. The highest BCUT2D eigenvalue weighted by Gasteiger charge is 2.06. The Bertz CT molecular complexity index is 358. The van der Waals surface area contributed by atoms with E-state index in [0.29, 0.717) is 0 Å². The highest BCUT2D eigenvalue weighted by Crippen LogP contribution is 1.96. The normalized spacial score (nSPS) is 9.69. The van der Waals surface area contributed by atoms with Crippen molar-refractivity contribution in [2.75, 3.05) is 0 Å². The van der Waals surface area contributed by atoms with Crippen LogP contribution in [0.1, 0.15) is 25.6 Å². The van der Waals surface area contributed by atoms with E-state index in [1.54, 1.807) is 12.4 Å². The van der Waals surface area contributed by atoms with Crippen molar-refractivity contribution >= 4 is 0 Å². The van der Waals surface area contributed by atoms with Gasteiger partial charge in [0.1, 0.15) is 12.4 Å². The first kappa shape index (κ1) is 12.5. The summed E-state index contributed by atoms with van der Waals surface area (Å²) in [5.74, 6) is 1.33. The molecule has 0 atom stereocenters. The lowest BCUT2D eigenvalue weighted by molar-refractivity contribution is -0.677. The molecule has 0 amide bonds. The number of hydrogen-bond donors (Lipinski definition) is 0. The summed E-state index contributed by atoms with van der Waals surface area (Å²) >= 11 is 0. The largest absolute Gasteiger partial charge is 0.450 e. The summed E-state index contributed by atoms with van der Waals surface area (Å²) in [7, 11) is 2.08. The molecule has 0 saturated heterocycles. The fourth-order valence-electron chi connectivity index (χ4n) is 1.36. The van der Waals surface area contributed by atoms with Crippen molar-refractivity contribution < 1.29 is 4.57 Å². The third-order valence-electron chi connectivity index (χ3n) is 2.52. The number of hydrogen-bond acceptors (Lipinski definition) is 1. The van der Waals surface area contributed by atoms with Gasteiger partial charge in [-0.2, -0.15) is 0 Å². The second-order valence-corrected chi connectivity index (χ2v) is 3.71. The zero-order valence-corrected chi connectivity index (χ0v) is 10.3. The summed E-state index contributed by atoms with van der Waals surface area (Å²) in [6, 6.07) is 0. The van der Waals surface area contributed by atoms with E-state index in [4.69, 9.17) is 0 Å². The number of aryl methyl sites for hydroxylation is 2. The maximum Gasteiger partial charge on any atom is 0.253 e. The zero-order chi connectivity index (χ0) is 11.8. The van der Waals surface area contributed by atoms with Crippen LogP contribution in [0.25, 0.3) is 0 Å². The van der Waals surface area contributed by atoms with Crippen LogP contribution >= 0.6 is 0 Å². The van der Waals surface area contributed by atoms with Gasteiger partial charge in [-0.25, -0.2) is 9.13 Å². The van der Waals surface area contributed by atoms with Gasteiger partial charge in [0, 0.05) is 6.92 Å². The number of imidazole rings is 2. The van der Waals surface area contributed by atoms with Crippen LogP contribution in [0.4, 0.5) is 0 Å². The van der Waals surface area contributed by atoms with Gasteiger partial charge in [0.15, 0.2) is 0 Å². The van der Waals surface area contributed by atoms with Gasteiger partial charge in [0.25, 0.3) is 5.82 Å². The maximum absolute atomic E-state index is 3.61. The van der Waals surface area contributed by atoms with E-state index in [0.717, 1.165) is 6.54 Å². The Kier molecular flexibility index (Phi) is 5.32. The molecule has 0 aromatic carbocycles. The fraction of sp³-hybridized carbons (Fsp3) is 0.500. The van der Waals surface area contributed by atoms with Crippen LogP contribution in [-0.2, 0) is 13.6 Å². The predicted molar refractivity (Wildman–Crippen MR) is 62.8 cm³/mol. The third-order valence-corrected chi connectivity index (χ3v) is 2.52. The molecule has 0 unspecified atom stereocenters. The van der Waals surface area contributed by atoms with Crippen molar-refractivity contribution in [3.63, 3.8) is 0 Å². The summed E-state index contributed by atoms with van der Waals surface area (Å²) in [5, 5.41) is 0. The first-order valence-corrected chi connectivity index (χ1v) is 5.63. The summed E-state index contributed by atoms with van der Waals surface area (Å²) in [6.45, 7) is 5.53. The standard InChI is InChI=1S/C9H17N2.C3H3N2/c1-4-5-6-11-8-7-10(3)9(11)2;1-2-5-3-4-1/h7-8H,4-6H2,1-3H3;1-3H/q+1;-1. The van der Waals surface area contributed by atoms with Gasteiger partial charge in [-0.1, -0.05) is 32.1 Å². The molecule has 0 aliphatic rings. The molecule has 0 aliphatic carbocycles. The van der Waals surface area contributed by atoms with Gasteiger partial charge in [-0.15, -0.1) is 0 Å². The van der Waals surface area contributed by atoms with Crippen LogP contribution in [-0.4, -0.2) is 9.55 Å². The van der Waals surface area contributed by atoms with Crippen molar-refractivity contribution in [1.82, 2.24) is 14.5 Å². The summed E-state index contributed by atoms with van der Waals surface area (Å²) < 4.78 is 4.44. The molecule has 0 saturated carbocycles. The molecule has 0 bridgehead atoms. The average molecular weight is 220 g/mol. The van der Waals surface area contributed by atoms with Crippen molar-refractivity contribution in [2.45, 2.75) is 33.2 Å². The van der Waals surface area contributed by atoms with Gasteiger partial charge < -0.3 is 9.97 Å². The zero-order valence-electron chi connectivity index (χ0n) is 10.3. The molecule has 2 aromatic rings. The second-order valence-electron chi connectivity index (χ2n) is 3.71. The number of unbranched alkanes of at least 4 members (excludes halogenated alkanes) is 1. The fourth-order valence-corrected chi connectivity index (χ4v) is 1.36. The lowest BCUT2D eigenvalue weighted by Crippen LogP contribution is -2.29. The smallest absolute Gasteiger partial charge is 0.253 e. The van der Waals surface area contributed by atoms with Crippen LogP contribution < -0.4 is 9.55 Å². The number of nitrogens with zero attached hydrogens (tertiary/aromatic N) is 4. The molecule has 0 aliphatic heterocycles. The molecule has 0 spiro atoms. The highest BCUT2D eigenvalue weighted by molar-refractivity contribution is 4.78. The Hall–Kier alpha value is -1.58. The van der Waals surface area contributed by atoms with Crippen LogP contribution in [0.2, 0.25) is 0 Å². The topological polar surface area (TPSA) is 35.8 Å². The summed E-state index contributed by atoms with van der Waals surface area (Å²) in [6.07, 6.45) is 11.6. The van der Waals surface area contributed by atoms with Crippen molar-refractivity contribution in [2.24, 2.45) is 7.05 Å². The van der Waals surface area contributed by atoms with E-state index in [1.807, 2.05) is 0 Å². The number of aromatic nitrogens is 4. The van der Waals surface area contributed by atoms with E-state index in [2.05, 4.69) is 52.4 Å². The molecule has 4 nitrogen and oxygen atoms in total. The first-order valence-electron chi connectivity index (χ1n) is 5.63. The van der Waals surface area contributed by atoms with Gasteiger partial charge in [0.2, 0.25) is 0 Å². The van der Waals surface area contributed by atoms with E-state index < -0.39 is 0 Å². The Morgan fingerprint density at radius 3 is 2.69 bits per heavy atom. The lowest BCUT2D eigenvalue weighted by Gasteiger charge is -1.95. The molecule has 2 aromatic heterocycles. The minimum Gasteiger partial charge on any atom is -0.450 e. The van der Waals surface area contributed by atoms with E-state index in [9.17, 15) is 0 Å². The summed E-state index contributed by atoms with van der Waals surface area (Å²) in [4.78, 5) is 7.22. The van der Waals surface area contributed by atoms with E-state index >= 15 is 0 Å². The second kappa shape index (κ2) is 6.82. The third kappa shape index (κ3) is 3.88. The Morgan fingerprint density at radius 2 is 2.31 bits per heavy atom. The molecule has 0 radical (unpaired) electrons. The molecular weight excluding hydrogens is 200 g/mol. The minimum atomic E-state index is 1.16. The first-order chi connectivity index (χ1) is 7.75. The molecular formula is C12H20N4. The molecule has 16 heavy (non-hydrogen) atoms. The monoisotopic (exact) mass is 220 g/mol. The van der Waals surface area contributed by atoms with Crippen LogP contribution in [0.5, 0.6) is 0 Å². The molecule has 2 rings (SSSR count). The van der Waals surface area contributed by atoms with Crippen LogP contribution in [0.3, 0.4) is 0 Å². The molecule has 0 N–H and O–H groups in total. The Balaban J connectivity index is 0.000000212. The molecule has 2 heterocycles. The maximum atomic E-state index is 3.61. The Labute approximate surface area is 97.0 Å². The molecule has 0 fully saturated rings. The van der Waals surface area contributed by atoms with Crippen molar-refractivity contribution in [3.8, 4) is 0 Å². The highest BCUT2D eigenvalue weighted by atomic mass is 15.1. The van der Waals surface area contributed by atoms with Gasteiger partial charge in [0.05, 0.1) is 13.6 Å². The van der Waals surface area contributed by atoms with Gasteiger partial charge in [-0.05, 0) is 6.42 Å². The van der Waals surface area contributed by atoms with Crippen LogP contribution in [0.15, 0.2) is 31.1 Å². The van der Waals surface area contributed by atoms with Gasteiger partial charge in [-0.3, -0.25) is 0 Å². The predicted octanol–water partition coefficient (Wildman–Crippen LogP) is 1.46. The summed E-state index contributed by atoms with van der Waals surface area (Å²) in [5.41, 5.74) is 0. The quantitative estimate of drug-likeness (QED) is 0.734. The SMILES string of the molecule is CCCCn1cc[n+](C)c1C.c1c[n-]cn1. The van der Waals surface area contributed by atoms with E-state index in [1.165, 1.54) is 25.0 Å². The van der Waals surface area contributed by atoms with Crippen molar-refractivity contribution in [3.05, 3.63) is 36.9 Å². The average Bonchev–Trinajstić information content (AvgIpc) is 2.93. The van der Waals surface area contributed by atoms with Crippen LogP contribution in [0, 0.1) is 6.92 Å².